The molecule has 66 valence electrons. The summed E-state index contributed by atoms with van der Waals surface area (Å²) in [4.78, 5) is 14.7. The summed E-state index contributed by atoms with van der Waals surface area (Å²) in [7, 11) is 1.23. The van der Waals surface area contributed by atoms with Crippen molar-refractivity contribution >= 4 is 17.6 Å². The van der Waals surface area contributed by atoms with Gasteiger partial charge in [0, 0.05) is 6.20 Å². The predicted octanol–water partition coefficient (Wildman–Crippen LogP) is 1.39. The van der Waals surface area contributed by atoms with Crippen LogP contribution in [0.25, 0.3) is 0 Å². The van der Waals surface area contributed by atoms with Crippen molar-refractivity contribution < 1.29 is 9.53 Å². The first kappa shape index (κ1) is 9.49. The minimum Gasteiger partial charge on any atom is -0.465 e. The van der Waals surface area contributed by atoms with E-state index in [-0.39, 0.29) is 16.3 Å². The molecule has 1 aromatic rings. The van der Waals surface area contributed by atoms with E-state index in [1.165, 1.54) is 19.4 Å². The molecule has 0 aliphatic carbocycles. The highest BCUT2D eigenvalue weighted by Gasteiger charge is 2.12. The molecule has 0 aliphatic heterocycles. The van der Waals surface area contributed by atoms with Crippen LogP contribution in [0.5, 0.6) is 0 Å². The van der Waals surface area contributed by atoms with Gasteiger partial charge in [0.05, 0.1) is 18.2 Å². The SMILES string of the molecule is COC(=O)c1cc(C#N)cnc1Cl. The molecule has 0 atom stereocenters. The predicted molar refractivity (Wildman–Crippen MR) is 45.3 cm³/mol. The molecule has 0 spiro atoms. The maximum absolute atomic E-state index is 11.0. The molecule has 1 aromatic heterocycles. The minimum atomic E-state index is -0.602. The zero-order valence-electron chi connectivity index (χ0n) is 6.74. The lowest BCUT2D eigenvalue weighted by Gasteiger charge is -2.00. The van der Waals surface area contributed by atoms with Crippen molar-refractivity contribution in [3.8, 4) is 6.07 Å². The molecule has 0 aliphatic rings. The van der Waals surface area contributed by atoms with Crippen LogP contribution in [0, 0.1) is 11.3 Å². The molecule has 0 saturated carbocycles. The number of hydrogen-bond acceptors (Lipinski definition) is 4. The number of carbonyl (C=O) groups excluding carboxylic acids is 1. The number of aromatic nitrogens is 1. The summed E-state index contributed by atoms with van der Waals surface area (Å²) >= 11 is 5.61. The molecule has 0 radical (unpaired) electrons. The van der Waals surface area contributed by atoms with Crippen LogP contribution >= 0.6 is 11.6 Å². The van der Waals surface area contributed by atoms with Crippen LogP contribution in [0.4, 0.5) is 0 Å². The molecule has 1 rings (SSSR count). The van der Waals surface area contributed by atoms with Gasteiger partial charge in [-0.05, 0) is 6.07 Å². The number of halogens is 1. The number of hydrogen-bond donors (Lipinski definition) is 0. The van der Waals surface area contributed by atoms with E-state index in [9.17, 15) is 4.79 Å². The molecule has 1 heterocycles. The molecule has 0 fully saturated rings. The fourth-order valence-corrected chi connectivity index (χ4v) is 0.943. The number of pyridine rings is 1. The first-order valence-corrected chi connectivity index (χ1v) is 3.70. The monoisotopic (exact) mass is 196 g/mol. The van der Waals surface area contributed by atoms with Crippen LogP contribution in [0.15, 0.2) is 12.3 Å². The van der Waals surface area contributed by atoms with Gasteiger partial charge in [-0.3, -0.25) is 0 Å². The van der Waals surface area contributed by atoms with E-state index in [0.29, 0.717) is 0 Å². The third-order valence-electron chi connectivity index (χ3n) is 1.37. The highest BCUT2D eigenvalue weighted by atomic mass is 35.5. The largest absolute Gasteiger partial charge is 0.465 e. The second-order valence-corrected chi connectivity index (χ2v) is 2.52. The van der Waals surface area contributed by atoms with E-state index in [1.54, 1.807) is 0 Å². The molecule has 4 nitrogen and oxygen atoms in total. The summed E-state index contributed by atoms with van der Waals surface area (Å²) in [6.07, 6.45) is 1.29. The zero-order chi connectivity index (χ0) is 9.84. The molecule has 0 saturated heterocycles. The third-order valence-corrected chi connectivity index (χ3v) is 1.67. The molecule has 5 heteroatoms. The summed E-state index contributed by atoms with van der Waals surface area (Å²) in [5.74, 6) is -0.602. The Morgan fingerprint density at radius 1 is 1.77 bits per heavy atom. The van der Waals surface area contributed by atoms with Gasteiger partial charge in [-0.2, -0.15) is 5.26 Å². The zero-order valence-corrected chi connectivity index (χ0v) is 7.50. The topological polar surface area (TPSA) is 63.0 Å². The summed E-state index contributed by atoms with van der Waals surface area (Å²) in [5.41, 5.74) is 0.369. The quantitative estimate of drug-likeness (QED) is 0.503. The van der Waals surface area contributed by atoms with E-state index < -0.39 is 5.97 Å². The van der Waals surface area contributed by atoms with Gasteiger partial charge in [-0.1, -0.05) is 11.6 Å². The van der Waals surface area contributed by atoms with E-state index >= 15 is 0 Å². The fourth-order valence-electron chi connectivity index (χ4n) is 0.762. The van der Waals surface area contributed by atoms with Gasteiger partial charge in [0.1, 0.15) is 11.2 Å². The third kappa shape index (κ3) is 1.95. The van der Waals surface area contributed by atoms with Crippen molar-refractivity contribution in [1.29, 1.82) is 5.26 Å². The average molecular weight is 197 g/mol. The maximum atomic E-state index is 11.0. The van der Waals surface area contributed by atoms with Crippen molar-refractivity contribution in [2.45, 2.75) is 0 Å². The summed E-state index contributed by atoms with van der Waals surface area (Å²) in [5, 5.41) is 8.56. The Balaban J connectivity index is 3.20. The van der Waals surface area contributed by atoms with Gasteiger partial charge >= 0.3 is 5.97 Å². The van der Waals surface area contributed by atoms with Gasteiger partial charge in [-0.15, -0.1) is 0 Å². The lowest BCUT2D eigenvalue weighted by Crippen LogP contribution is -2.03. The number of nitriles is 1. The normalized spacial score (nSPS) is 9.00. The van der Waals surface area contributed by atoms with Gasteiger partial charge < -0.3 is 4.74 Å². The fraction of sp³-hybridized carbons (Fsp3) is 0.125. The van der Waals surface area contributed by atoms with Crippen LogP contribution < -0.4 is 0 Å². The Morgan fingerprint density at radius 2 is 2.46 bits per heavy atom. The lowest BCUT2D eigenvalue weighted by molar-refractivity contribution is 0.0600. The van der Waals surface area contributed by atoms with E-state index in [1.807, 2.05) is 6.07 Å². The summed E-state index contributed by atoms with van der Waals surface area (Å²) < 4.78 is 4.44. The Labute approximate surface area is 79.7 Å². The van der Waals surface area contributed by atoms with Crippen molar-refractivity contribution in [3.05, 3.63) is 28.5 Å². The number of methoxy groups -OCH3 is 1. The molecule has 13 heavy (non-hydrogen) atoms. The lowest BCUT2D eigenvalue weighted by atomic mass is 10.2. The smallest absolute Gasteiger partial charge is 0.341 e. The highest BCUT2D eigenvalue weighted by molar-refractivity contribution is 6.32. The molecule has 0 unspecified atom stereocenters. The molecular formula is C8H5ClN2O2. The molecule has 0 amide bonds. The van der Waals surface area contributed by atoms with Crippen molar-refractivity contribution in [1.82, 2.24) is 4.98 Å². The van der Waals surface area contributed by atoms with Crippen LogP contribution in [0.2, 0.25) is 5.15 Å². The summed E-state index contributed by atoms with van der Waals surface area (Å²) in [6.45, 7) is 0. The van der Waals surface area contributed by atoms with Crippen LogP contribution in [-0.4, -0.2) is 18.1 Å². The summed E-state index contributed by atoms with van der Waals surface area (Å²) in [6, 6.07) is 3.18. The number of nitrogens with zero attached hydrogens (tertiary/aromatic N) is 2. The average Bonchev–Trinajstić information content (AvgIpc) is 2.17. The van der Waals surface area contributed by atoms with Crippen molar-refractivity contribution in [3.63, 3.8) is 0 Å². The molecule has 0 bridgehead atoms. The number of carbonyl (C=O) groups is 1. The Morgan fingerprint density at radius 3 is 3.00 bits per heavy atom. The van der Waals surface area contributed by atoms with E-state index in [0.717, 1.165) is 0 Å². The van der Waals surface area contributed by atoms with Gasteiger partial charge in [0.15, 0.2) is 0 Å². The second-order valence-electron chi connectivity index (χ2n) is 2.17. The maximum Gasteiger partial charge on any atom is 0.341 e. The van der Waals surface area contributed by atoms with Crippen molar-refractivity contribution in [2.24, 2.45) is 0 Å². The molecule has 0 N–H and O–H groups in total. The van der Waals surface area contributed by atoms with E-state index in [4.69, 9.17) is 16.9 Å². The number of rotatable bonds is 1. The second kappa shape index (κ2) is 3.87. The first-order valence-electron chi connectivity index (χ1n) is 3.33. The van der Waals surface area contributed by atoms with Gasteiger partial charge in [-0.25, -0.2) is 9.78 Å². The number of esters is 1. The first-order chi connectivity index (χ1) is 6.19. The van der Waals surface area contributed by atoms with Crippen LogP contribution in [-0.2, 0) is 4.74 Å². The minimum absolute atomic E-state index is 0.0332. The molecular weight excluding hydrogens is 192 g/mol. The van der Waals surface area contributed by atoms with Gasteiger partial charge in [0.25, 0.3) is 0 Å². The van der Waals surface area contributed by atoms with Crippen molar-refractivity contribution in [2.75, 3.05) is 7.11 Å². The van der Waals surface area contributed by atoms with Crippen LogP contribution in [0.1, 0.15) is 15.9 Å². The highest BCUT2D eigenvalue weighted by Crippen LogP contribution is 2.14. The number of ether oxygens (including phenoxy) is 1. The van der Waals surface area contributed by atoms with Crippen LogP contribution in [0.3, 0.4) is 0 Å². The Kier molecular flexibility index (Phi) is 2.83. The Bertz CT molecular complexity index is 384. The molecule has 0 aromatic carbocycles. The van der Waals surface area contributed by atoms with E-state index in [2.05, 4.69) is 9.72 Å². The van der Waals surface area contributed by atoms with Gasteiger partial charge in [0.2, 0.25) is 0 Å². The standard InChI is InChI=1S/C8H5ClN2O2/c1-13-8(12)6-2-5(3-10)4-11-7(6)9/h2,4H,1H3. The Hall–Kier alpha value is -1.60.